The molecule has 0 spiro atoms. The molecule has 0 aliphatic heterocycles. The van der Waals surface area contributed by atoms with E-state index in [1.807, 2.05) is 13.1 Å². The van der Waals surface area contributed by atoms with Crippen LogP contribution in [0.25, 0.3) is 0 Å². The monoisotopic (exact) mass is 251 g/mol. The summed E-state index contributed by atoms with van der Waals surface area (Å²) in [6, 6.07) is 0.724. The molecule has 102 valence electrons. The number of ether oxygens (including phenoxy) is 1. The van der Waals surface area contributed by atoms with Gasteiger partial charge in [0.05, 0.1) is 0 Å². The molecule has 2 N–H and O–H groups in total. The van der Waals surface area contributed by atoms with Crippen LogP contribution in [0.3, 0.4) is 0 Å². The summed E-state index contributed by atoms with van der Waals surface area (Å²) < 4.78 is 5.83. The van der Waals surface area contributed by atoms with Crippen LogP contribution in [0.5, 0.6) is 0 Å². The van der Waals surface area contributed by atoms with Crippen LogP contribution in [0, 0.1) is 5.41 Å². The summed E-state index contributed by atoms with van der Waals surface area (Å²) in [5, 5.41) is 3.48. The van der Waals surface area contributed by atoms with Crippen molar-refractivity contribution in [2.45, 2.75) is 59.2 Å². The summed E-state index contributed by atoms with van der Waals surface area (Å²) in [7, 11) is 0. The topological polar surface area (TPSA) is 49.9 Å². The average molecular weight is 251 g/mol. The van der Waals surface area contributed by atoms with Crippen LogP contribution in [0.15, 0.2) is 6.20 Å². The number of imidazole rings is 1. The Hall–Kier alpha value is -0.870. The molecule has 1 fully saturated rings. The number of nitrogens with zero attached hydrogens (tertiary/aromatic N) is 1. The minimum absolute atomic E-state index is 0.0252. The third-order valence-corrected chi connectivity index (χ3v) is 3.17. The summed E-state index contributed by atoms with van der Waals surface area (Å²) in [6.45, 7) is 10.1. The fourth-order valence-corrected chi connectivity index (χ4v) is 2.05. The second-order valence-electron chi connectivity index (χ2n) is 6.15. The summed E-state index contributed by atoms with van der Waals surface area (Å²) >= 11 is 0. The Labute approximate surface area is 110 Å². The first-order valence-electron chi connectivity index (χ1n) is 6.89. The molecule has 18 heavy (non-hydrogen) atoms. The van der Waals surface area contributed by atoms with E-state index >= 15 is 0 Å². The zero-order valence-corrected chi connectivity index (χ0v) is 11.9. The van der Waals surface area contributed by atoms with Crippen LogP contribution in [0.2, 0.25) is 0 Å². The lowest BCUT2D eigenvalue weighted by Gasteiger charge is -2.28. The van der Waals surface area contributed by atoms with Crippen molar-refractivity contribution in [2.24, 2.45) is 5.41 Å². The summed E-state index contributed by atoms with van der Waals surface area (Å²) in [6.07, 6.45) is 4.56. The van der Waals surface area contributed by atoms with Crippen molar-refractivity contribution in [1.29, 1.82) is 0 Å². The van der Waals surface area contributed by atoms with E-state index in [2.05, 4.69) is 36.1 Å². The third kappa shape index (κ3) is 3.56. The van der Waals surface area contributed by atoms with Gasteiger partial charge in [0, 0.05) is 31.1 Å². The highest BCUT2D eigenvalue weighted by atomic mass is 16.5. The highest BCUT2D eigenvalue weighted by Gasteiger charge is 2.29. The first kappa shape index (κ1) is 13.6. The Balaban J connectivity index is 2.00. The van der Waals surface area contributed by atoms with Crippen molar-refractivity contribution in [3.05, 3.63) is 17.7 Å². The summed E-state index contributed by atoms with van der Waals surface area (Å²) in [4.78, 5) is 7.87. The first-order chi connectivity index (χ1) is 8.50. The number of aromatic nitrogens is 2. The Morgan fingerprint density at radius 2 is 2.22 bits per heavy atom. The molecular weight excluding hydrogens is 226 g/mol. The molecule has 1 aliphatic carbocycles. The molecule has 1 unspecified atom stereocenters. The molecule has 2 rings (SSSR count). The van der Waals surface area contributed by atoms with Crippen LogP contribution in [-0.2, 0) is 11.3 Å². The lowest BCUT2D eigenvalue weighted by Crippen LogP contribution is -2.23. The van der Waals surface area contributed by atoms with Crippen molar-refractivity contribution in [3.8, 4) is 0 Å². The number of rotatable bonds is 6. The van der Waals surface area contributed by atoms with Crippen LogP contribution in [0.1, 0.15) is 58.2 Å². The van der Waals surface area contributed by atoms with Gasteiger partial charge in [0.15, 0.2) is 0 Å². The van der Waals surface area contributed by atoms with Gasteiger partial charge in [-0.2, -0.15) is 0 Å². The first-order valence-corrected chi connectivity index (χ1v) is 6.89. The molecule has 0 amide bonds. The van der Waals surface area contributed by atoms with Crippen molar-refractivity contribution in [2.75, 3.05) is 6.61 Å². The van der Waals surface area contributed by atoms with E-state index in [1.165, 1.54) is 12.8 Å². The van der Waals surface area contributed by atoms with E-state index in [1.54, 1.807) is 0 Å². The smallest absolute Gasteiger partial charge is 0.136 e. The molecule has 1 aromatic rings. The number of hydrogen-bond acceptors (Lipinski definition) is 3. The maximum Gasteiger partial charge on any atom is 0.136 e. The van der Waals surface area contributed by atoms with Gasteiger partial charge in [-0.05, 0) is 25.2 Å². The van der Waals surface area contributed by atoms with E-state index in [0.29, 0.717) is 6.61 Å². The lowest BCUT2D eigenvalue weighted by molar-refractivity contribution is -0.0186. The fraction of sp³-hybridized carbons (Fsp3) is 0.786. The molecular formula is C14H25N3O. The minimum atomic E-state index is 0.0252. The van der Waals surface area contributed by atoms with E-state index in [9.17, 15) is 0 Å². The molecule has 1 saturated carbocycles. The molecule has 1 heterocycles. The predicted molar refractivity (Wildman–Crippen MR) is 72.3 cm³/mol. The Kier molecular flexibility index (Phi) is 4.07. The van der Waals surface area contributed by atoms with Crippen molar-refractivity contribution < 1.29 is 4.74 Å². The molecule has 1 aromatic heterocycles. The second kappa shape index (κ2) is 5.41. The average Bonchev–Trinajstić information content (AvgIpc) is 3.01. The highest BCUT2D eigenvalue weighted by Crippen LogP contribution is 2.34. The van der Waals surface area contributed by atoms with E-state index in [4.69, 9.17) is 4.74 Å². The molecule has 0 radical (unpaired) electrons. The van der Waals surface area contributed by atoms with Gasteiger partial charge in [-0.3, -0.25) is 0 Å². The maximum absolute atomic E-state index is 5.83. The van der Waals surface area contributed by atoms with Gasteiger partial charge >= 0.3 is 0 Å². The van der Waals surface area contributed by atoms with Gasteiger partial charge in [0.25, 0.3) is 0 Å². The molecule has 1 atom stereocenters. The van der Waals surface area contributed by atoms with Crippen molar-refractivity contribution >= 4 is 0 Å². The Morgan fingerprint density at radius 3 is 2.78 bits per heavy atom. The fourth-order valence-electron chi connectivity index (χ4n) is 2.05. The lowest BCUT2D eigenvalue weighted by atomic mass is 9.88. The van der Waals surface area contributed by atoms with Crippen LogP contribution in [-0.4, -0.2) is 22.6 Å². The minimum Gasteiger partial charge on any atom is -0.370 e. The highest BCUT2D eigenvalue weighted by molar-refractivity contribution is 5.06. The zero-order chi connectivity index (χ0) is 13.2. The standard InChI is InChI=1S/C14H25N3O/c1-5-18-12(14(2,3)4)13-16-9-11(17-13)8-15-10-6-7-10/h9-10,12,15H,5-8H2,1-4H3,(H,16,17). The Bertz CT molecular complexity index is 377. The number of aromatic amines is 1. The number of hydrogen-bond donors (Lipinski definition) is 2. The molecule has 4 heteroatoms. The zero-order valence-electron chi connectivity index (χ0n) is 11.9. The third-order valence-electron chi connectivity index (χ3n) is 3.17. The van der Waals surface area contributed by atoms with Gasteiger partial charge in [-0.15, -0.1) is 0 Å². The van der Waals surface area contributed by atoms with Gasteiger partial charge in [0.2, 0.25) is 0 Å². The van der Waals surface area contributed by atoms with Crippen molar-refractivity contribution in [1.82, 2.24) is 15.3 Å². The number of H-pyrrole nitrogens is 1. The molecule has 0 bridgehead atoms. The summed E-state index contributed by atoms with van der Waals surface area (Å²) in [5.74, 6) is 0.942. The Morgan fingerprint density at radius 1 is 1.50 bits per heavy atom. The van der Waals surface area contributed by atoms with E-state index in [0.717, 1.165) is 24.1 Å². The second-order valence-corrected chi connectivity index (χ2v) is 6.15. The molecule has 1 aliphatic rings. The van der Waals surface area contributed by atoms with Crippen LogP contribution in [0.4, 0.5) is 0 Å². The van der Waals surface area contributed by atoms with Gasteiger partial charge in [-0.1, -0.05) is 20.8 Å². The van der Waals surface area contributed by atoms with Gasteiger partial charge in [0.1, 0.15) is 11.9 Å². The predicted octanol–water partition coefficient (Wildman–Crippen LogP) is 2.79. The van der Waals surface area contributed by atoms with Gasteiger partial charge in [-0.25, -0.2) is 4.98 Å². The SMILES string of the molecule is CCOC(c1ncc(CNC2CC2)[nH]1)C(C)(C)C. The van der Waals surface area contributed by atoms with E-state index < -0.39 is 0 Å². The summed E-state index contributed by atoms with van der Waals surface area (Å²) in [5.41, 5.74) is 1.19. The quantitative estimate of drug-likeness (QED) is 0.817. The van der Waals surface area contributed by atoms with Crippen LogP contribution < -0.4 is 5.32 Å². The van der Waals surface area contributed by atoms with Crippen molar-refractivity contribution in [3.63, 3.8) is 0 Å². The van der Waals surface area contributed by atoms with Crippen LogP contribution >= 0.6 is 0 Å². The normalized spacial score (nSPS) is 18.0. The number of nitrogens with one attached hydrogen (secondary N) is 2. The molecule has 4 nitrogen and oxygen atoms in total. The molecule has 0 aromatic carbocycles. The largest absolute Gasteiger partial charge is 0.370 e. The maximum atomic E-state index is 5.83. The van der Waals surface area contributed by atoms with E-state index in [-0.39, 0.29) is 11.5 Å². The molecule has 0 saturated heterocycles. The van der Waals surface area contributed by atoms with Gasteiger partial charge < -0.3 is 15.0 Å².